The van der Waals surface area contributed by atoms with Gasteiger partial charge in [-0.05, 0) is 60.5 Å². The number of hydrogen-bond acceptors (Lipinski definition) is 1. The Morgan fingerprint density at radius 3 is 2.26 bits per heavy atom. The summed E-state index contributed by atoms with van der Waals surface area (Å²) in [5.74, 6) is 0.872. The number of fused-ring (bicyclic) bond motifs is 7. The van der Waals surface area contributed by atoms with Gasteiger partial charge < -0.3 is 13.9 Å². The zero-order valence-corrected chi connectivity index (χ0v) is 21.6. The fourth-order valence-electron chi connectivity index (χ4n) is 5.83. The summed E-state index contributed by atoms with van der Waals surface area (Å²) in [4.78, 5) is 0. The Kier molecular flexibility index (Phi) is 5.12. The topological polar surface area (TPSA) is 19.1 Å². The number of para-hydroxylation sites is 1. The van der Waals surface area contributed by atoms with E-state index < -0.39 is 0 Å². The van der Waals surface area contributed by atoms with Gasteiger partial charge in [0.25, 0.3) is 0 Å². The molecule has 0 bridgehead atoms. The van der Waals surface area contributed by atoms with Gasteiger partial charge in [-0.3, -0.25) is 0 Å². The molecular formula is C35H28N2O. The average molecular weight is 493 g/mol. The highest BCUT2D eigenvalue weighted by Gasteiger charge is 2.20. The van der Waals surface area contributed by atoms with E-state index in [9.17, 15) is 0 Å². The molecule has 2 heterocycles. The quantitative estimate of drug-likeness (QED) is 0.235. The fourth-order valence-corrected chi connectivity index (χ4v) is 5.83. The van der Waals surface area contributed by atoms with Crippen molar-refractivity contribution in [3.8, 4) is 11.4 Å². The van der Waals surface area contributed by atoms with Crippen LogP contribution in [0.4, 0.5) is 0 Å². The molecule has 3 heteroatoms. The summed E-state index contributed by atoms with van der Waals surface area (Å²) >= 11 is 0. The zero-order chi connectivity index (χ0) is 25.8. The van der Waals surface area contributed by atoms with Crippen LogP contribution in [0.3, 0.4) is 0 Å². The first kappa shape index (κ1) is 22.4. The molecule has 0 aliphatic carbocycles. The van der Waals surface area contributed by atoms with E-state index in [1.165, 1.54) is 54.7 Å². The Morgan fingerprint density at radius 1 is 0.737 bits per heavy atom. The van der Waals surface area contributed by atoms with Gasteiger partial charge in [-0.2, -0.15) is 0 Å². The van der Waals surface area contributed by atoms with E-state index in [4.69, 9.17) is 4.74 Å². The van der Waals surface area contributed by atoms with Crippen LogP contribution in [0.2, 0.25) is 0 Å². The van der Waals surface area contributed by atoms with Crippen LogP contribution in [0.25, 0.3) is 55.4 Å². The highest BCUT2D eigenvalue weighted by Crippen LogP contribution is 2.41. The molecule has 0 spiro atoms. The van der Waals surface area contributed by atoms with Crippen molar-refractivity contribution in [1.82, 2.24) is 9.13 Å². The van der Waals surface area contributed by atoms with Gasteiger partial charge in [0.1, 0.15) is 5.75 Å². The molecule has 0 aliphatic rings. The fraction of sp³-hybridized carbons (Fsp3) is 0.0857. The van der Waals surface area contributed by atoms with Gasteiger partial charge in [0, 0.05) is 39.3 Å². The Hall–Kier alpha value is -4.76. The number of rotatable bonds is 5. The highest BCUT2D eigenvalue weighted by molar-refractivity contribution is 6.25. The smallest absolute Gasteiger partial charge is 0.119 e. The maximum atomic E-state index is 5.63. The summed E-state index contributed by atoms with van der Waals surface area (Å²) in [7, 11) is 1.73. The number of hydrogen-bond donors (Lipinski definition) is 0. The largest absolute Gasteiger partial charge is 0.497 e. The van der Waals surface area contributed by atoms with E-state index in [1.807, 2.05) is 6.08 Å². The molecule has 0 saturated heterocycles. The molecular weight excluding hydrogens is 464 g/mol. The lowest BCUT2D eigenvalue weighted by Crippen LogP contribution is -2.00. The lowest BCUT2D eigenvalue weighted by atomic mass is 10.1. The molecule has 2 aromatic heterocycles. The minimum atomic E-state index is 0.791. The lowest BCUT2D eigenvalue weighted by molar-refractivity contribution is 0.415. The number of aromatic nitrogens is 2. The van der Waals surface area contributed by atoms with Gasteiger partial charge in [0.15, 0.2) is 0 Å². The third kappa shape index (κ3) is 3.36. The van der Waals surface area contributed by atoms with Crippen LogP contribution in [0.1, 0.15) is 16.7 Å². The third-order valence-electron chi connectivity index (χ3n) is 7.71. The average Bonchev–Trinajstić information content (AvgIpc) is 3.46. The van der Waals surface area contributed by atoms with Crippen molar-refractivity contribution in [1.29, 1.82) is 0 Å². The number of nitrogens with zero attached hydrogens (tertiary/aromatic N) is 2. The van der Waals surface area contributed by atoms with Gasteiger partial charge in [-0.1, -0.05) is 78.9 Å². The van der Waals surface area contributed by atoms with Crippen LogP contribution in [0.15, 0.2) is 110 Å². The lowest BCUT2D eigenvalue weighted by Gasteiger charge is -2.11. The Morgan fingerprint density at radius 2 is 1.50 bits per heavy atom. The van der Waals surface area contributed by atoms with Crippen molar-refractivity contribution in [2.75, 3.05) is 7.11 Å². The summed E-state index contributed by atoms with van der Waals surface area (Å²) < 4.78 is 10.5. The van der Waals surface area contributed by atoms with Crippen LogP contribution in [0, 0.1) is 6.92 Å². The van der Waals surface area contributed by atoms with Gasteiger partial charge in [0.2, 0.25) is 0 Å². The second-order valence-corrected chi connectivity index (χ2v) is 9.96. The standard InChI is InChI=1S/C35H28N2O/c1-4-24-13-15-26(16-14-24)37-32-8-6-5-7-29(32)34-33(37)20-18-28-30-21-27(38-3)17-19-31(30)36(35(28)34)22-25-11-9-23(2)10-12-25/h4-21H,1,22H2,2-3H3. The van der Waals surface area contributed by atoms with E-state index in [-0.39, 0.29) is 0 Å². The summed E-state index contributed by atoms with van der Waals surface area (Å²) in [6.07, 6.45) is 1.89. The molecule has 0 unspecified atom stereocenters. The molecule has 0 atom stereocenters. The minimum Gasteiger partial charge on any atom is -0.497 e. The van der Waals surface area contributed by atoms with Crippen LogP contribution < -0.4 is 4.74 Å². The molecule has 184 valence electrons. The van der Waals surface area contributed by atoms with Crippen LogP contribution in [-0.2, 0) is 6.54 Å². The molecule has 0 aliphatic heterocycles. The van der Waals surface area contributed by atoms with Gasteiger partial charge in [-0.15, -0.1) is 0 Å². The molecule has 0 N–H and O–H groups in total. The summed E-state index contributed by atoms with van der Waals surface area (Å²) in [5, 5.41) is 4.97. The predicted molar refractivity (Wildman–Crippen MR) is 161 cm³/mol. The van der Waals surface area contributed by atoms with Crippen molar-refractivity contribution < 1.29 is 4.74 Å². The Labute approximate surface area is 221 Å². The van der Waals surface area contributed by atoms with E-state index >= 15 is 0 Å². The monoisotopic (exact) mass is 492 g/mol. The maximum Gasteiger partial charge on any atom is 0.119 e. The number of methoxy groups -OCH3 is 1. The van der Waals surface area contributed by atoms with Crippen molar-refractivity contribution >= 4 is 49.7 Å². The first-order valence-electron chi connectivity index (χ1n) is 13.0. The number of benzene rings is 5. The Balaban J connectivity index is 1.62. The van der Waals surface area contributed by atoms with Crippen LogP contribution in [-0.4, -0.2) is 16.2 Å². The predicted octanol–water partition coefficient (Wildman–Crippen LogP) is 8.90. The molecule has 0 radical (unpaired) electrons. The first-order valence-corrected chi connectivity index (χ1v) is 13.0. The molecule has 5 aromatic carbocycles. The van der Waals surface area contributed by atoms with E-state index in [2.05, 4.69) is 126 Å². The molecule has 0 fully saturated rings. The summed E-state index contributed by atoms with van der Waals surface area (Å²) in [5.41, 5.74) is 9.67. The van der Waals surface area contributed by atoms with Gasteiger partial charge in [0.05, 0.1) is 23.7 Å². The third-order valence-corrected chi connectivity index (χ3v) is 7.71. The van der Waals surface area contributed by atoms with Crippen LogP contribution >= 0.6 is 0 Å². The molecule has 7 aromatic rings. The van der Waals surface area contributed by atoms with Gasteiger partial charge in [-0.25, -0.2) is 0 Å². The second kappa shape index (κ2) is 8.67. The SMILES string of the molecule is C=Cc1ccc(-n2c3ccccc3c3c4c(ccc32)c2cc(OC)ccc2n4Cc2ccc(C)cc2)cc1. The van der Waals surface area contributed by atoms with E-state index in [0.717, 1.165) is 23.5 Å². The van der Waals surface area contributed by atoms with Crippen molar-refractivity contribution in [3.63, 3.8) is 0 Å². The maximum absolute atomic E-state index is 5.63. The van der Waals surface area contributed by atoms with Gasteiger partial charge >= 0.3 is 0 Å². The Bertz CT molecular complexity index is 1990. The van der Waals surface area contributed by atoms with Crippen molar-refractivity contribution in [3.05, 3.63) is 126 Å². The van der Waals surface area contributed by atoms with Crippen molar-refractivity contribution in [2.45, 2.75) is 13.5 Å². The highest BCUT2D eigenvalue weighted by atomic mass is 16.5. The number of aryl methyl sites for hydroxylation is 1. The second-order valence-electron chi connectivity index (χ2n) is 9.96. The molecule has 3 nitrogen and oxygen atoms in total. The summed E-state index contributed by atoms with van der Waals surface area (Å²) in [6.45, 7) is 6.85. The first-order chi connectivity index (χ1) is 18.7. The molecule has 38 heavy (non-hydrogen) atoms. The van der Waals surface area contributed by atoms with Crippen LogP contribution in [0.5, 0.6) is 5.75 Å². The minimum absolute atomic E-state index is 0.791. The van der Waals surface area contributed by atoms with Crippen molar-refractivity contribution in [2.24, 2.45) is 0 Å². The van der Waals surface area contributed by atoms with E-state index in [1.54, 1.807) is 7.11 Å². The van der Waals surface area contributed by atoms with E-state index in [0.29, 0.717) is 0 Å². The molecule has 0 saturated carbocycles. The summed E-state index contributed by atoms with van der Waals surface area (Å²) in [6, 6.07) is 37.2. The molecule has 7 rings (SSSR count). The normalized spacial score (nSPS) is 11.6. The zero-order valence-electron chi connectivity index (χ0n) is 21.6. The molecule has 0 amide bonds. The number of ether oxygens (including phenoxy) is 1.